The Kier molecular flexibility index (Phi) is 4.86. The lowest BCUT2D eigenvalue weighted by atomic mass is 9.70. The highest BCUT2D eigenvalue weighted by Crippen LogP contribution is 2.49. The van der Waals surface area contributed by atoms with E-state index in [1.807, 2.05) is 24.4 Å². The van der Waals surface area contributed by atoms with Crippen molar-refractivity contribution in [1.29, 1.82) is 10.5 Å². The van der Waals surface area contributed by atoms with Crippen LogP contribution in [0.2, 0.25) is 0 Å². The molecule has 140 valence electrons. The summed E-state index contributed by atoms with van der Waals surface area (Å²) in [7, 11) is 1.77. The molecule has 5 nitrogen and oxygen atoms in total. The van der Waals surface area contributed by atoms with Gasteiger partial charge in [-0.15, -0.1) is 0 Å². The number of aliphatic imine (C=N–C) groups is 1. The van der Waals surface area contributed by atoms with Crippen LogP contribution in [0, 0.1) is 28.2 Å². The summed E-state index contributed by atoms with van der Waals surface area (Å²) in [5.74, 6) is 1.30. The molecule has 1 spiro atoms. The molecule has 0 amide bonds. The van der Waals surface area contributed by atoms with Crippen LogP contribution in [0.15, 0.2) is 47.5 Å². The summed E-state index contributed by atoms with van der Waals surface area (Å²) in [6.07, 6.45) is 7.13. The zero-order valence-corrected chi connectivity index (χ0v) is 15.8. The Labute approximate surface area is 164 Å². The van der Waals surface area contributed by atoms with Crippen molar-refractivity contribution < 1.29 is 9.47 Å². The number of nitrogens with zero attached hydrogens (tertiary/aromatic N) is 3. The zero-order valence-electron chi connectivity index (χ0n) is 15.8. The normalized spacial score (nSPS) is 24.5. The summed E-state index contributed by atoms with van der Waals surface area (Å²) in [5.41, 5.74) is 3.58. The molecule has 2 aliphatic carbocycles. The fourth-order valence-corrected chi connectivity index (χ4v) is 4.51. The highest BCUT2D eigenvalue weighted by molar-refractivity contribution is 6.09. The molecule has 0 bridgehead atoms. The number of rotatable bonds is 3. The Balaban J connectivity index is 1.64. The molecule has 0 heterocycles. The van der Waals surface area contributed by atoms with E-state index in [9.17, 15) is 5.26 Å². The minimum Gasteiger partial charge on any atom is -0.457 e. The summed E-state index contributed by atoms with van der Waals surface area (Å²) >= 11 is 0. The molecule has 0 saturated heterocycles. The Morgan fingerprint density at radius 2 is 1.86 bits per heavy atom. The first kappa shape index (κ1) is 18.2. The van der Waals surface area contributed by atoms with Crippen LogP contribution in [-0.4, -0.2) is 18.9 Å². The van der Waals surface area contributed by atoms with Crippen LogP contribution in [0.1, 0.15) is 42.4 Å². The molecule has 1 saturated carbocycles. The molecule has 0 unspecified atom stereocenters. The van der Waals surface area contributed by atoms with Crippen molar-refractivity contribution >= 4 is 5.71 Å². The first-order valence-corrected chi connectivity index (χ1v) is 9.49. The zero-order chi connectivity index (χ0) is 19.6. The van der Waals surface area contributed by atoms with E-state index in [4.69, 9.17) is 14.7 Å². The van der Waals surface area contributed by atoms with Gasteiger partial charge in [-0.25, -0.2) is 0 Å². The van der Waals surface area contributed by atoms with Crippen molar-refractivity contribution in [1.82, 2.24) is 0 Å². The second kappa shape index (κ2) is 7.46. The highest BCUT2D eigenvalue weighted by atomic mass is 16.5. The van der Waals surface area contributed by atoms with Crippen molar-refractivity contribution in [2.45, 2.75) is 38.2 Å². The van der Waals surface area contributed by atoms with Crippen LogP contribution < -0.4 is 4.74 Å². The summed E-state index contributed by atoms with van der Waals surface area (Å²) in [6, 6.07) is 15.2. The molecule has 2 aliphatic rings. The molecule has 0 radical (unpaired) electrons. The molecule has 5 heteroatoms. The van der Waals surface area contributed by atoms with E-state index >= 15 is 0 Å². The standard InChI is InChI=1S/C23H21N3O2/c1-27-18-7-9-23(10-8-18)13-17-5-6-20(12-21(17)22(23)26-15-25)28-19-4-2-3-16(11-19)14-24/h2-6,11-12,18H,7-10,13H2,1H3/b26-22+/t18-,23-. The Bertz CT molecular complexity index is 1010. The lowest BCUT2D eigenvalue weighted by Crippen LogP contribution is -2.35. The molecule has 0 aromatic heterocycles. The average Bonchev–Trinajstić information content (AvgIpc) is 3.02. The minimum absolute atomic E-state index is 0.0769. The van der Waals surface area contributed by atoms with Gasteiger partial charge in [0.25, 0.3) is 0 Å². The largest absolute Gasteiger partial charge is 0.457 e. The van der Waals surface area contributed by atoms with Gasteiger partial charge < -0.3 is 9.47 Å². The fourth-order valence-electron chi connectivity index (χ4n) is 4.51. The van der Waals surface area contributed by atoms with Gasteiger partial charge in [-0.2, -0.15) is 15.5 Å². The van der Waals surface area contributed by atoms with Gasteiger partial charge >= 0.3 is 0 Å². The molecule has 0 aliphatic heterocycles. The SMILES string of the molecule is CO[C@H]1CC[C@]2(CC1)Cc1ccc(Oc3cccc(C#N)c3)cc1/C2=N\C#N. The van der Waals surface area contributed by atoms with E-state index in [-0.39, 0.29) is 5.41 Å². The third-order valence-electron chi connectivity index (χ3n) is 5.95. The van der Waals surface area contributed by atoms with Crippen molar-refractivity contribution in [3.8, 4) is 23.8 Å². The Hall–Kier alpha value is -3.15. The van der Waals surface area contributed by atoms with E-state index in [1.165, 1.54) is 5.56 Å². The van der Waals surface area contributed by atoms with Crippen molar-refractivity contribution in [3.05, 3.63) is 59.2 Å². The van der Waals surface area contributed by atoms with E-state index in [2.05, 4.69) is 17.1 Å². The smallest absolute Gasteiger partial charge is 0.205 e. The van der Waals surface area contributed by atoms with Gasteiger partial charge in [0.15, 0.2) is 0 Å². The van der Waals surface area contributed by atoms with Crippen LogP contribution in [0.25, 0.3) is 0 Å². The molecule has 1 fully saturated rings. The van der Waals surface area contributed by atoms with Gasteiger partial charge in [0.1, 0.15) is 11.5 Å². The van der Waals surface area contributed by atoms with Crippen LogP contribution in [0.5, 0.6) is 11.5 Å². The lowest BCUT2D eigenvalue weighted by molar-refractivity contribution is 0.0468. The van der Waals surface area contributed by atoms with E-state index in [0.29, 0.717) is 23.2 Å². The van der Waals surface area contributed by atoms with Gasteiger partial charge in [0, 0.05) is 18.1 Å². The second-order valence-corrected chi connectivity index (χ2v) is 7.51. The van der Waals surface area contributed by atoms with Gasteiger partial charge in [0.05, 0.1) is 23.4 Å². The van der Waals surface area contributed by atoms with Gasteiger partial charge in [-0.1, -0.05) is 12.1 Å². The van der Waals surface area contributed by atoms with Crippen LogP contribution in [0.4, 0.5) is 0 Å². The van der Waals surface area contributed by atoms with Gasteiger partial charge in [-0.05, 0) is 68.0 Å². The van der Waals surface area contributed by atoms with Crippen molar-refractivity contribution in [2.24, 2.45) is 10.4 Å². The number of benzene rings is 2. The molecule has 0 N–H and O–H groups in total. The summed E-state index contributed by atoms with van der Waals surface area (Å²) < 4.78 is 11.5. The third-order valence-corrected chi connectivity index (χ3v) is 5.95. The minimum atomic E-state index is -0.0769. The quantitative estimate of drug-likeness (QED) is 0.729. The second-order valence-electron chi connectivity index (χ2n) is 7.51. The maximum absolute atomic E-state index is 9.30. The molecule has 2 aromatic carbocycles. The molecule has 4 rings (SSSR count). The number of hydrogen-bond acceptors (Lipinski definition) is 5. The highest BCUT2D eigenvalue weighted by Gasteiger charge is 2.45. The summed E-state index contributed by atoms with van der Waals surface area (Å²) in [5, 5.41) is 18.4. The maximum Gasteiger partial charge on any atom is 0.205 e. The number of ether oxygens (including phenoxy) is 2. The number of methoxy groups -OCH3 is 1. The number of fused-ring (bicyclic) bond motifs is 1. The Morgan fingerprint density at radius 3 is 2.57 bits per heavy atom. The van der Waals surface area contributed by atoms with E-state index in [0.717, 1.165) is 43.4 Å². The Morgan fingerprint density at radius 1 is 1.07 bits per heavy atom. The predicted octanol–water partition coefficient (Wildman–Crippen LogP) is 4.75. The van der Waals surface area contributed by atoms with Crippen molar-refractivity contribution in [2.75, 3.05) is 7.11 Å². The van der Waals surface area contributed by atoms with Crippen LogP contribution in [0.3, 0.4) is 0 Å². The molecule has 2 aromatic rings. The average molecular weight is 371 g/mol. The monoisotopic (exact) mass is 371 g/mol. The molecule has 0 atom stereocenters. The van der Waals surface area contributed by atoms with Crippen LogP contribution >= 0.6 is 0 Å². The maximum atomic E-state index is 9.30. The molecule has 28 heavy (non-hydrogen) atoms. The van der Waals surface area contributed by atoms with Gasteiger partial charge in [0.2, 0.25) is 6.19 Å². The summed E-state index contributed by atoms with van der Waals surface area (Å²) in [6.45, 7) is 0. The summed E-state index contributed by atoms with van der Waals surface area (Å²) in [4.78, 5) is 4.25. The third kappa shape index (κ3) is 3.26. The van der Waals surface area contributed by atoms with Gasteiger partial charge in [-0.3, -0.25) is 0 Å². The van der Waals surface area contributed by atoms with Crippen molar-refractivity contribution in [3.63, 3.8) is 0 Å². The first-order chi connectivity index (χ1) is 13.7. The molecular formula is C23H21N3O2. The van der Waals surface area contributed by atoms with E-state index in [1.54, 1.807) is 25.3 Å². The van der Waals surface area contributed by atoms with E-state index < -0.39 is 0 Å². The molecular weight excluding hydrogens is 350 g/mol. The number of hydrogen-bond donors (Lipinski definition) is 0. The first-order valence-electron chi connectivity index (χ1n) is 9.49. The van der Waals surface area contributed by atoms with Crippen LogP contribution in [-0.2, 0) is 11.2 Å². The number of nitriles is 2. The lowest BCUT2D eigenvalue weighted by Gasteiger charge is -2.36. The topological polar surface area (TPSA) is 78.4 Å². The fraction of sp³-hybridized carbons (Fsp3) is 0.348. The predicted molar refractivity (Wildman–Crippen MR) is 105 cm³/mol.